The summed E-state index contributed by atoms with van der Waals surface area (Å²) in [7, 11) is 0. The zero-order valence-corrected chi connectivity index (χ0v) is 11.4. The lowest BCUT2D eigenvalue weighted by molar-refractivity contribution is 0.292. The first kappa shape index (κ1) is 11.6. The van der Waals surface area contributed by atoms with Crippen molar-refractivity contribution < 1.29 is 4.74 Å². The van der Waals surface area contributed by atoms with Crippen molar-refractivity contribution in [2.45, 2.75) is 26.8 Å². The highest BCUT2D eigenvalue weighted by molar-refractivity contribution is 9.10. The van der Waals surface area contributed by atoms with Crippen molar-refractivity contribution in [3.63, 3.8) is 0 Å². The van der Waals surface area contributed by atoms with Crippen molar-refractivity contribution in [1.29, 1.82) is 0 Å². The molecule has 0 aromatic heterocycles. The smallest absolute Gasteiger partial charge is 0.216 e. The van der Waals surface area contributed by atoms with Crippen LogP contribution in [0.1, 0.15) is 25.0 Å². The average molecular weight is 282 g/mol. The van der Waals surface area contributed by atoms with Gasteiger partial charge >= 0.3 is 0 Å². The van der Waals surface area contributed by atoms with Crippen LogP contribution >= 0.6 is 15.9 Å². The summed E-state index contributed by atoms with van der Waals surface area (Å²) in [4.78, 5) is 4.63. The van der Waals surface area contributed by atoms with E-state index in [1.165, 1.54) is 5.56 Å². The maximum Gasteiger partial charge on any atom is 0.216 e. The second-order valence-corrected chi connectivity index (χ2v) is 5.43. The summed E-state index contributed by atoms with van der Waals surface area (Å²) >= 11 is 3.46. The third-order valence-corrected chi connectivity index (χ3v) is 3.36. The summed E-state index contributed by atoms with van der Waals surface area (Å²) in [6.45, 7) is 7.14. The van der Waals surface area contributed by atoms with Crippen LogP contribution in [0.3, 0.4) is 0 Å². The predicted octanol–water partition coefficient (Wildman–Crippen LogP) is 3.56. The maximum atomic E-state index is 5.67. The van der Waals surface area contributed by atoms with Gasteiger partial charge in [-0.2, -0.15) is 0 Å². The number of hydrogen-bond acceptors (Lipinski definition) is 2. The molecule has 1 atom stereocenters. The van der Waals surface area contributed by atoms with Gasteiger partial charge in [-0.25, -0.2) is 4.99 Å². The van der Waals surface area contributed by atoms with Gasteiger partial charge in [0, 0.05) is 10.0 Å². The first-order valence-electron chi connectivity index (χ1n) is 5.55. The van der Waals surface area contributed by atoms with E-state index < -0.39 is 0 Å². The number of nitrogens with zero attached hydrogens (tertiary/aromatic N) is 1. The molecule has 0 amide bonds. The van der Waals surface area contributed by atoms with Crippen molar-refractivity contribution in [2.24, 2.45) is 10.9 Å². The van der Waals surface area contributed by atoms with E-state index in [0.717, 1.165) is 15.9 Å². The van der Waals surface area contributed by atoms with Crippen LogP contribution in [0.15, 0.2) is 27.7 Å². The highest BCUT2D eigenvalue weighted by atomic mass is 79.9. The zero-order chi connectivity index (χ0) is 11.7. The minimum absolute atomic E-state index is 0.304. The van der Waals surface area contributed by atoms with E-state index >= 15 is 0 Å². The molecule has 0 spiro atoms. The van der Waals surface area contributed by atoms with Crippen LogP contribution in [-0.2, 0) is 4.74 Å². The molecule has 1 aliphatic rings. The van der Waals surface area contributed by atoms with Gasteiger partial charge in [-0.3, -0.25) is 0 Å². The summed E-state index contributed by atoms with van der Waals surface area (Å²) in [5.74, 6) is 1.33. The van der Waals surface area contributed by atoms with E-state index in [1.54, 1.807) is 0 Å². The number of halogens is 1. The summed E-state index contributed by atoms with van der Waals surface area (Å²) in [6.07, 6.45) is 0. The van der Waals surface area contributed by atoms with E-state index in [2.05, 4.69) is 53.8 Å². The fourth-order valence-corrected chi connectivity index (χ4v) is 2.22. The van der Waals surface area contributed by atoms with Crippen molar-refractivity contribution in [2.75, 3.05) is 6.61 Å². The first-order chi connectivity index (χ1) is 7.58. The lowest BCUT2D eigenvalue weighted by atomic mass is 10.1. The average Bonchev–Trinajstić information content (AvgIpc) is 2.66. The van der Waals surface area contributed by atoms with Gasteiger partial charge in [-0.1, -0.05) is 29.8 Å². The number of aryl methyl sites for hydroxylation is 1. The SMILES string of the molecule is Cc1cc(Br)ccc1C1=N[C@@H](C(C)C)CO1. The first-order valence-corrected chi connectivity index (χ1v) is 6.34. The summed E-state index contributed by atoms with van der Waals surface area (Å²) in [5, 5.41) is 0. The molecular weight excluding hydrogens is 266 g/mol. The summed E-state index contributed by atoms with van der Waals surface area (Å²) in [6, 6.07) is 6.47. The van der Waals surface area contributed by atoms with Crippen molar-refractivity contribution >= 4 is 21.8 Å². The Hall–Kier alpha value is -0.830. The van der Waals surface area contributed by atoms with Gasteiger partial charge in [-0.15, -0.1) is 0 Å². The molecule has 0 radical (unpaired) electrons. The molecule has 0 saturated carbocycles. The van der Waals surface area contributed by atoms with Crippen LogP contribution in [0, 0.1) is 12.8 Å². The maximum absolute atomic E-state index is 5.67. The van der Waals surface area contributed by atoms with E-state index in [9.17, 15) is 0 Å². The van der Waals surface area contributed by atoms with Crippen LogP contribution in [0.4, 0.5) is 0 Å². The van der Waals surface area contributed by atoms with E-state index in [1.807, 2.05) is 6.07 Å². The molecular formula is C13H16BrNO. The van der Waals surface area contributed by atoms with Crippen LogP contribution in [0.5, 0.6) is 0 Å². The highest BCUT2D eigenvalue weighted by Crippen LogP contribution is 2.22. The number of rotatable bonds is 2. The summed E-state index contributed by atoms with van der Waals surface area (Å²) in [5.41, 5.74) is 2.30. The molecule has 0 fully saturated rings. The molecule has 0 saturated heterocycles. The second-order valence-electron chi connectivity index (χ2n) is 4.52. The molecule has 1 aromatic rings. The number of benzene rings is 1. The van der Waals surface area contributed by atoms with Gasteiger partial charge < -0.3 is 4.74 Å². The van der Waals surface area contributed by atoms with E-state index in [4.69, 9.17) is 4.74 Å². The summed E-state index contributed by atoms with van der Waals surface area (Å²) < 4.78 is 6.76. The largest absolute Gasteiger partial charge is 0.475 e. The van der Waals surface area contributed by atoms with Gasteiger partial charge in [0.25, 0.3) is 0 Å². The molecule has 0 bridgehead atoms. The monoisotopic (exact) mass is 281 g/mol. The number of hydrogen-bond donors (Lipinski definition) is 0. The van der Waals surface area contributed by atoms with Crippen LogP contribution in [0.25, 0.3) is 0 Å². The predicted molar refractivity (Wildman–Crippen MR) is 70.0 cm³/mol. The third kappa shape index (κ3) is 2.29. The standard InChI is InChI=1S/C13H16BrNO/c1-8(2)12-7-16-13(15-12)11-5-4-10(14)6-9(11)3/h4-6,8,12H,7H2,1-3H3/t12-/m1/s1. The van der Waals surface area contributed by atoms with Gasteiger partial charge in [0.2, 0.25) is 5.90 Å². The molecule has 1 heterocycles. The molecule has 0 aliphatic carbocycles. The number of ether oxygens (including phenoxy) is 1. The Balaban J connectivity index is 2.29. The molecule has 1 aromatic carbocycles. The quantitative estimate of drug-likeness (QED) is 0.812. The Bertz CT molecular complexity index is 426. The van der Waals surface area contributed by atoms with Crippen LogP contribution in [-0.4, -0.2) is 18.5 Å². The Labute approximate surface area is 105 Å². The highest BCUT2D eigenvalue weighted by Gasteiger charge is 2.23. The van der Waals surface area contributed by atoms with Gasteiger partial charge in [0.15, 0.2) is 0 Å². The second kappa shape index (κ2) is 4.58. The Morgan fingerprint density at radius 3 is 2.75 bits per heavy atom. The number of aliphatic imine (C=N–C) groups is 1. The van der Waals surface area contributed by atoms with Gasteiger partial charge in [0.05, 0.1) is 6.04 Å². The molecule has 2 nitrogen and oxygen atoms in total. The molecule has 3 heteroatoms. The Kier molecular flexibility index (Phi) is 3.33. The minimum atomic E-state index is 0.304. The van der Waals surface area contributed by atoms with Crippen molar-refractivity contribution in [1.82, 2.24) is 0 Å². The molecule has 1 aliphatic heterocycles. The van der Waals surface area contributed by atoms with Crippen molar-refractivity contribution in [3.8, 4) is 0 Å². The molecule has 0 unspecified atom stereocenters. The Morgan fingerprint density at radius 2 is 2.19 bits per heavy atom. The molecule has 0 N–H and O–H groups in total. The minimum Gasteiger partial charge on any atom is -0.475 e. The molecule has 16 heavy (non-hydrogen) atoms. The van der Waals surface area contributed by atoms with Crippen molar-refractivity contribution in [3.05, 3.63) is 33.8 Å². The van der Waals surface area contributed by atoms with Gasteiger partial charge in [0.1, 0.15) is 6.61 Å². The fraction of sp³-hybridized carbons (Fsp3) is 0.462. The molecule has 86 valence electrons. The van der Waals surface area contributed by atoms with Crippen LogP contribution < -0.4 is 0 Å². The van der Waals surface area contributed by atoms with Crippen LogP contribution in [0.2, 0.25) is 0 Å². The van der Waals surface area contributed by atoms with E-state index in [-0.39, 0.29) is 0 Å². The Morgan fingerprint density at radius 1 is 1.44 bits per heavy atom. The normalized spacial score (nSPS) is 19.8. The third-order valence-electron chi connectivity index (χ3n) is 2.86. The van der Waals surface area contributed by atoms with E-state index in [0.29, 0.717) is 18.6 Å². The fourth-order valence-electron chi connectivity index (χ4n) is 1.75. The lowest BCUT2D eigenvalue weighted by Crippen LogP contribution is -2.13. The lowest BCUT2D eigenvalue weighted by Gasteiger charge is -2.06. The zero-order valence-electron chi connectivity index (χ0n) is 9.83. The molecule has 2 rings (SSSR count). The topological polar surface area (TPSA) is 21.6 Å². The van der Waals surface area contributed by atoms with Gasteiger partial charge in [-0.05, 0) is 36.6 Å².